The van der Waals surface area contributed by atoms with E-state index in [9.17, 15) is 4.79 Å². The second-order valence-electron chi connectivity index (χ2n) is 5.14. The summed E-state index contributed by atoms with van der Waals surface area (Å²) in [5, 5.41) is 3.05. The van der Waals surface area contributed by atoms with Crippen LogP contribution in [0.15, 0.2) is 24.3 Å². The first kappa shape index (κ1) is 12.9. The molecule has 0 bridgehead atoms. The average molecular weight is 246 g/mol. The van der Waals surface area contributed by atoms with Gasteiger partial charge in [0.1, 0.15) is 0 Å². The van der Waals surface area contributed by atoms with Gasteiger partial charge in [-0.25, -0.2) is 0 Å². The summed E-state index contributed by atoms with van der Waals surface area (Å²) in [6, 6.07) is 7.64. The average Bonchev–Trinajstić information content (AvgIpc) is 2.36. The minimum absolute atomic E-state index is 0.122. The molecule has 0 atom stereocenters. The maximum absolute atomic E-state index is 12.2. The van der Waals surface area contributed by atoms with E-state index >= 15 is 0 Å². The van der Waals surface area contributed by atoms with Gasteiger partial charge in [0, 0.05) is 31.9 Å². The molecule has 0 aromatic heterocycles. The molecule has 3 nitrogen and oxygen atoms in total. The van der Waals surface area contributed by atoms with Crippen LogP contribution in [0.4, 0.5) is 5.69 Å². The maximum Gasteiger partial charge on any atom is 0.253 e. The van der Waals surface area contributed by atoms with Crippen LogP contribution in [0.5, 0.6) is 0 Å². The molecule has 1 fully saturated rings. The zero-order valence-corrected chi connectivity index (χ0v) is 11.3. The Hall–Kier alpha value is -1.51. The molecule has 1 aromatic rings. The molecule has 0 heterocycles. The third kappa shape index (κ3) is 3.03. The summed E-state index contributed by atoms with van der Waals surface area (Å²) in [6.07, 6.45) is 5.21. The lowest BCUT2D eigenvalue weighted by Crippen LogP contribution is -2.30. The van der Waals surface area contributed by atoms with Crippen molar-refractivity contribution in [2.75, 3.05) is 26.0 Å². The summed E-state index contributed by atoms with van der Waals surface area (Å²) >= 11 is 0. The second kappa shape index (κ2) is 5.89. The zero-order chi connectivity index (χ0) is 13.0. The predicted octanol–water partition coefficient (Wildman–Crippen LogP) is 2.99. The lowest BCUT2D eigenvalue weighted by Gasteiger charge is -2.27. The SMILES string of the molecule is CNc1ccc(C(=O)N(C)CCC2CCC2)cc1. The molecule has 2 rings (SSSR count). The van der Waals surface area contributed by atoms with Crippen molar-refractivity contribution in [1.29, 1.82) is 0 Å². The molecule has 0 aliphatic heterocycles. The van der Waals surface area contributed by atoms with Crippen molar-refractivity contribution in [3.8, 4) is 0 Å². The molecule has 0 saturated heterocycles. The van der Waals surface area contributed by atoms with Crippen LogP contribution in [-0.4, -0.2) is 31.4 Å². The van der Waals surface area contributed by atoms with E-state index in [1.165, 1.54) is 19.3 Å². The molecular weight excluding hydrogens is 224 g/mol. The van der Waals surface area contributed by atoms with E-state index in [0.717, 1.165) is 30.1 Å². The summed E-state index contributed by atoms with van der Waals surface area (Å²) in [6.45, 7) is 0.872. The quantitative estimate of drug-likeness (QED) is 0.866. The molecule has 1 aliphatic rings. The first-order chi connectivity index (χ1) is 8.70. The standard InChI is InChI=1S/C15H22N2O/c1-16-14-8-6-13(7-9-14)15(18)17(2)11-10-12-4-3-5-12/h6-9,12,16H,3-5,10-11H2,1-2H3. The predicted molar refractivity (Wildman–Crippen MR) is 74.9 cm³/mol. The summed E-state index contributed by atoms with van der Waals surface area (Å²) < 4.78 is 0. The highest BCUT2D eigenvalue weighted by Crippen LogP contribution is 2.29. The van der Waals surface area contributed by atoms with Crippen LogP contribution in [0, 0.1) is 5.92 Å². The smallest absolute Gasteiger partial charge is 0.253 e. The molecule has 1 aromatic carbocycles. The lowest BCUT2D eigenvalue weighted by atomic mass is 9.83. The minimum atomic E-state index is 0.122. The third-order valence-corrected chi connectivity index (χ3v) is 3.86. The normalized spacial score (nSPS) is 15.0. The fourth-order valence-electron chi connectivity index (χ4n) is 2.26. The summed E-state index contributed by atoms with van der Waals surface area (Å²) in [5.74, 6) is 0.976. The van der Waals surface area contributed by atoms with Gasteiger partial charge in [-0.05, 0) is 36.6 Å². The number of benzene rings is 1. The van der Waals surface area contributed by atoms with E-state index in [1.807, 2.05) is 43.3 Å². The molecule has 1 N–H and O–H groups in total. The van der Waals surface area contributed by atoms with Crippen LogP contribution in [0.25, 0.3) is 0 Å². The number of carbonyl (C=O) groups excluding carboxylic acids is 1. The van der Waals surface area contributed by atoms with Gasteiger partial charge >= 0.3 is 0 Å². The van der Waals surface area contributed by atoms with Crippen molar-refractivity contribution in [1.82, 2.24) is 4.90 Å². The van der Waals surface area contributed by atoms with E-state index in [2.05, 4.69) is 5.32 Å². The first-order valence-corrected chi connectivity index (χ1v) is 6.74. The van der Waals surface area contributed by atoms with Crippen LogP contribution in [-0.2, 0) is 0 Å². The van der Waals surface area contributed by atoms with E-state index in [4.69, 9.17) is 0 Å². The van der Waals surface area contributed by atoms with Crippen molar-refractivity contribution >= 4 is 11.6 Å². The summed E-state index contributed by atoms with van der Waals surface area (Å²) in [5.41, 5.74) is 1.80. The fourth-order valence-corrected chi connectivity index (χ4v) is 2.26. The number of hydrogen-bond donors (Lipinski definition) is 1. The van der Waals surface area contributed by atoms with E-state index < -0.39 is 0 Å². The highest BCUT2D eigenvalue weighted by Gasteiger charge is 2.19. The van der Waals surface area contributed by atoms with E-state index in [1.54, 1.807) is 0 Å². The summed E-state index contributed by atoms with van der Waals surface area (Å²) in [4.78, 5) is 14.0. The van der Waals surface area contributed by atoms with Crippen LogP contribution < -0.4 is 5.32 Å². The number of nitrogens with zero attached hydrogens (tertiary/aromatic N) is 1. The topological polar surface area (TPSA) is 32.3 Å². The Kier molecular flexibility index (Phi) is 4.24. The highest BCUT2D eigenvalue weighted by molar-refractivity contribution is 5.94. The lowest BCUT2D eigenvalue weighted by molar-refractivity contribution is 0.0779. The van der Waals surface area contributed by atoms with Gasteiger partial charge < -0.3 is 10.2 Å². The molecular formula is C15H22N2O. The van der Waals surface area contributed by atoms with Gasteiger partial charge in [0.25, 0.3) is 5.91 Å². The number of carbonyl (C=O) groups is 1. The van der Waals surface area contributed by atoms with Gasteiger partial charge in [0.15, 0.2) is 0 Å². The molecule has 0 unspecified atom stereocenters. The Morgan fingerprint density at radius 1 is 1.33 bits per heavy atom. The van der Waals surface area contributed by atoms with Gasteiger partial charge in [-0.2, -0.15) is 0 Å². The van der Waals surface area contributed by atoms with Gasteiger partial charge in [0.2, 0.25) is 0 Å². The summed E-state index contributed by atoms with van der Waals surface area (Å²) in [7, 11) is 3.77. The Morgan fingerprint density at radius 3 is 2.50 bits per heavy atom. The van der Waals surface area contributed by atoms with Crippen molar-refractivity contribution < 1.29 is 4.79 Å². The number of hydrogen-bond acceptors (Lipinski definition) is 2. The van der Waals surface area contributed by atoms with Crippen molar-refractivity contribution in [3.05, 3.63) is 29.8 Å². The Bertz CT molecular complexity index is 395. The van der Waals surface area contributed by atoms with E-state index in [0.29, 0.717) is 0 Å². The van der Waals surface area contributed by atoms with Crippen LogP contribution in [0.3, 0.4) is 0 Å². The van der Waals surface area contributed by atoms with Crippen LogP contribution >= 0.6 is 0 Å². The molecule has 3 heteroatoms. The number of rotatable bonds is 5. The Balaban J connectivity index is 1.87. The molecule has 18 heavy (non-hydrogen) atoms. The van der Waals surface area contributed by atoms with Crippen molar-refractivity contribution in [2.24, 2.45) is 5.92 Å². The third-order valence-electron chi connectivity index (χ3n) is 3.86. The number of anilines is 1. The molecule has 98 valence electrons. The maximum atomic E-state index is 12.2. The zero-order valence-electron chi connectivity index (χ0n) is 11.3. The molecule has 1 amide bonds. The van der Waals surface area contributed by atoms with Gasteiger partial charge in [-0.3, -0.25) is 4.79 Å². The Labute approximate surface area is 109 Å². The van der Waals surface area contributed by atoms with Gasteiger partial charge in [-0.1, -0.05) is 19.3 Å². The Morgan fingerprint density at radius 2 is 2.00 bits per heavy atom. The second-order valence-corrected chi connectivity index (χ2v) is 5.14. The monoisotopic (exact) mass is 246 g/mol. The molecule has 1 aliphatic carbocycles. The molecule has 0 spiro atoms. The van der Waals surface area contributed by atoms with Crippen molar-refractivity contribution in [3.63, 3.8) is 0 Å². The molecule has 1 saturated carbocycles. The molecule has 0 radical (unpaired) electrons. The fraction of sp³-hybridized carbons (Fsp3) is 0.533. The number of nitrogens with one attached hydrogen (secondary N) is 1. The van der Waals surface area contributed by atoms with Crippen LogP contribution in [0.1, 0.15) is 36.0 Å². The van der Waals surface area contributed by atoms with Gasteiger partial charge in [-0.15, -0.1) is 0 Å². The minimum Gasteiger partial charge on any atom is -0.388 e. The number of amides is 1. The highest BCUT2D eigenvalue weighted by atomic mass is 16.2. The van der Waals surface area contributed by atoms with E-state index in [-0.39, 0.29) is 5.91 Å². The largest absolute Gasteiger partial charge is 0.388 e. The first-order valence-electron chi connectivity index (χ1n) is 6.74. The van der Waals surface area contributed by atoms with Gasteiger partial charge in [0.05, 0.1) is 0 Å². The van der Waals surface area contributed by atoms with Crippen LogP contribution in [0.2, 0.25) is 0 Å². The van der Waals surface area contributed by atoms with Crippen molar-refractivity contribution in [2.45, 2.75) is 25.7 Å².